The second-order valence-electron chi connectivity index (χ2n) is 5.99. The van der Waals surface area contributed by atoms with Gasteiger partial charge in [-0.15, -0.1) is 0 Å². The molecule has 1 aromatic carbocycles. The largest absolute Gasteiger partial charge is 0.410 e. The lowest BCUT2D eigenvalue weighted by molar-refractivity contribution is -0.205. The van der Waals surface area contributed by atoms with Gasteiger partial charge in [-0.25, -0.2) is 0 Å². The molecule has 8 heteroatoms. The van der Waals surface area contributed by atoms with Gasteiger partial charge in [-0.1, -0.05) is 34.6 Å². The molecule has 134 valence electrons. The lowest BCUT2D eigenvalue weighted by Crippen LogP contribution is -2.57. The summed E-state index contributed by atoms with van der Waals surface area (Å²) in [5, 5.41) is 52.0. The van der Waals surface area contributed by atoms with Crippen LogP contribution in [0.15, 0.2) is 17.3 Å². The van der Waals surface area contributed by atoms with Crippen molar-refractivity contribution in [3.8, 4) is 0 Å². The number of hydrogen-bond donors (Lipinski definition) is 5. The third kappa shape index (κ3) is 3.74. The predicted molar refractivity (Wildman–Crippen MR) is 90.3 cm³/mol. The van der Waals surface area contributed by atoms with E-state index in [-0.39, 0.29) is 5.04 Å². The molecule has 0 amide bonds. The zero-order valence-corrected chi connectivity index (χ0v) is 14.6. The van der Waals surface area contributed by atoms with E-state index in [1.54, 1.807) is 0 Å². The molecule has 0 unspecified atom stereocenters. The number of hydrogen-bond acceptors (Lipinski definition) is 8. The zero-order valence-electron chi connectivity index (χ0n) is 13.7. The van der Waals surface area contributed by atoms with Crippen molar-refractivity contribution in [2.24, 2.45) is 5.16 Å². The first-order valence-corrected chi connectivity index (χ1v) is 8.45. The van der Waals surface area contributed by atoms with E-state index in [0.29, 0.717) is 5.56 Å². The van der Waals surface area contributed by atoms with Gasteiger partial charge in [-0.3, -0.25) is 0 Å². The highest BCUT2D eigenvalue weighted by molar-refractivity contribution is 8.14. The van der Waals surface area contributed by atoms with Crippen molar-refractivity contribution in [1.82, 2.24) is 0 Å². The van der Waals surface area contributed by atoms with Gasteiger partial charge >= 0.3 is 0 Å². The van der Waals surface area contributed by atoms with Crippen LogP contribution in [-0.2, 0) is 4.74 Å². The molecular weight excluding hydrogens is 334 g/mol. The summed E-state index contributed by atoms with van der Waals surface area (Å²) >= 11 is 0.932. The number of thioether (sulfide) groups is 1. The van der Waals surface area contributed by atoms with Crippen molar-refractivity contribution in [3.63, 3.8) is 0 Å². The molecule has 0 radical (unpaired) electrons. The van der Waals surface area contributed by atoms with Crippen LogP contribution < -0.4 is 0 Å². The number of rotatable bonds is 3. The van der Waals surface area contributed by atoms with Crippen molar-refractivity contribution >= 4 is 16.8 Å². The Kier molecular flexibility index (Phi) is 6.24. The summed E-state index contributed by atoms with van der Waals surface area (Å²) in [5.74, 6) is 0. The molecule has 0 aliphatic carbocycles. The van der Waals surface area contributed by atoms with Gasteiger partial charge in [0.25, 0.3) is 0 Å². The molecule has 5 N–H and O–H groups in total. The van der Waals surface area contributed by atoms with E-state index in [1.807, 2.05) is 32.9 Å². The van der Waals surface area contributed by atoms with E-state index in [2.05, 4.69) is 5.16 Å². The van der Waals surface area contributed by atoms with Crippen LogP contribution in [0.3, 0.4) is 0 Å². The van der Waals surface area contributed by atoms with Crippen molar-refractivity contribution in [2.75, 3.05) is 6.61 Å². The van der Waals surface area contributed by atoms with Gasteiger partial charge in [-0.05, 0) is 31.9 Å². The van der Waals surface area contributed by atoms with E-state index in [9.17, 15) is 25.6 Å². The van der Waals surface area contributed by atoms with Gasteiger partial charge < -0.3 is 30.4 Å². The molecule has 24 heavy (non-hydrogen) atoms. The van der Waals surface area contributed by atoms with E-state index in [0.717, 1.165) is 28.5 Å². The van der Waals surface area contributed by atoms with Gasteiger partial charge in [0.05, 0.1) is 6.61 Å². The smallest absolute Gasteiger partial charge is 0.146 e. The first-order valence-electron chi connectivity index (χ1n) is 7.57. The minimum absolute atomic E-state index is 0.231. The lowest BCUT2D eigenvalue weighted by atomic mass is 10.0. The van der Waals surface area contributed by atoms with E-state index < -0.39 is 36.5 Å². The lowest BCUT2D eigenvalue weighted by Gasteiger charge is -2.39. The Morgan fingerprint density at radius 1 is 1.08 bits per heavy atom. The summed E-state index contributed by atoms with van der Waals surface area (Å²) < 4.78 is 5.45. The average Bonchev–Trinajstić information content (AvgIpc) is 2.53. The van der Waals surface area contributed by atoms with Gasteiger partial charge in [0.15, 0.2) is 0 Å². The number of benzene rings is 1. The molecule has 7 nitrogen and oxygen atoms in total. The van der Waals surface area contributed by atoms with E-state index in [1.165, 1.54) is 0 Å². The Hall–Kier alpha value is -1.16. The topological polar surface area (TPSA) is 123 Å². The molecule has 1 fully saturated rings. The quantitative estimate of drug-likeness (QED) is 0.228. The first-order chi connectivity index (χ1) is 11.3. The van der Waals surface area contributed by atoms with Crippen LogP contribution in [-0.4, -0.2) is 67.1 Å². The molecule has 2 rings (SSSR count). The maximum absolute atomic E-state index is 10.1. The monoisotopic (exact) mass is 357 g/mol. The second kappa shape index (κ2) is 7.81. The molecule has 0 spiro atoms. The van der Waals surface area contributed by atoms with Gasteiger partial charge in [0.2, 0.25) is 0 Å². The normalized spacial score (nSPS) is 31.3. The molecule has 1 heterocycles. The summed E-state index contributed by atoms with van der Waals surface area (Å²) in [7, 11) is 0. The number of ether oxygens (including phenoxy) is 1. The summed E-state index contributed by atoms with van der Waals surface area (Å²) in [6, 6.07) is 3.89. The first kappa shape index (κ1) is 19.2. The highest BCUT2D eigenvalue weighted by Gasteiger charge is 2.44. The third-order valence-electron chi connectivity index (χ3n) is 4.06. The predicted octanol–water partition coefficient (Wildman–Crippen LogP) is 0.281. The molecule has 1 aliphatic rings. The SMILES string of the molecule is Cc1cc(C)c(/C(=N\O)S[C@@H]2O[C@H](CO)[C@@H](O)[C@H](O)[C@H]2O)c(C)c1. The number of aliphatic hydroxyl groups is 4. The van der Waals surface area contributed by atoms with E-state index in [4.69, 9.17) is 4.74 Å². The minimum atomic E-state index is -1.46. The Bertz CT molecular complexity index is 598. The molecule has 5 atom stereocenters. The Morgan fingerprint density at radius 3 is 2.17 bits per heavy atom. The fraction of sp³-hybridized carbons (Fsp3) is 0.562. The van der Waals surface area contributed by atoms with Gasteiger partial charge in [0, 0.05) is 5.56 Å². The third-order valence-corrected chi connectivity index (χ3v) is 5.19. The van der Waals surface area contributed by atoms with Crippen LogP contribution in [0.4, 0.5) is 0 Å². The molecule has 0 aromatic heterocycles. The summed E-state index contributed by atoms with van der Waals surface area (Å²) in [5.41, 5.74) is 2.59. The molecule has 1 aromatic rings. The van der Waals surface area contributed by atoms with Crippen LogP contribution in [0.5, 0.6) is 0 Å². The fourth-order valence-corrected chi connectivity index (χ4v) is 4.13. The second-order valence-corrected chi connectivity index (χ2v) is 7.08. The van der Waals surface area contributed by atoms with Crippen LogP contribution in [0, 0.1) is 20.8 Å². The van der Waals surface area contributed by atoms with Crippen molar-refractivity contribution in [2.45, 2.75) is 50.6 Å². The van der Waals surface area contributed by atoms with Gasteiger partial charge in [-0.2, -0.15) is 0 Å². The minimum Gasteiger partial charge on any atom is -0.410 e. The van der Waals surface area contributed by atoms with Gasteiger partial charge in [0.1, 0.15) is 34.9 Å². The number of oxime groups is 1. The highest BCUT2D eigenvalue weighted by atomic mass is 32.2. The molecule has 1 aliphatic heterocycles. The van der Waals surface area contributed by atoms with Crippen molar-refractivity contribution in [1.29, 1.82) is 0 Å². The number of nitrogens with zero attached hydrogens (tertiary/aromatic N) is 1. The zero-order chi connectivity index (χ0) is 18.0. The number of aliphatic hydroxyl groups excluding tert-OH is 4. The van der Waals surface area contributed by atoms with Crippen molar-refractivity contribution < 1.29 is 30.4 Å². The fourth-order valence-electron chi connectivity index (χ4n) is 2.92. The molecule has 0 saturated carbocycles. The summed E-state index contributed by atoms with van der Waals surface area (Å²) in [6.07, 6.45) is -5.27. The Morgan fingerprint density at radius 2 is 1.67 bits per heavy atom. The molecule has 1 saturated heterocycles. The van der Waals surface area contributed by atoms with Crippen LogP contribution >= 0.6 is 11.8 Å². The van der Waals surface area contributed by atoms with Crippen LogP contribution in [0.1, 0.15) is 22.3 Å². The van der Waals surface area contributed by atoms with Crippen molar-refractivity contribution in [3.05, 3.63) is 34.4 Å². The standard InChI is InChI=1S/C16H23NO6S/c1-7-4-8(2)11(9(3)5-7)15(17-22)24-16-14(21)13(20)12(19)10(6-18)23-16/h4-5,10,12-14,16,18-22H,6H2,1-3H3/b17-15+/t10-,12-,13+,14-,16+/m1/s1. The van der Waals surface area contributed by atoms with Crippen LogP contribution in [0.25, 0.3) is 0 Å². The molecule has 0 bridgehead atoms. The summed E-state index contributed by atoms with van der Waals surface area (Å²) in [4.78, 5) is 0. The maximum Gasteiger partial charge on any atom is 0.146 e. The number of aryl methyl sites for hydroxylation is 3. The van der Waals surface area contributed by atoms with E-state index >= 15 is 0 Å². The highest BCUT2D eigenvalue weighted by Crippen LogP contribution is 2.32. The average molecular weight is 357 g/mol. The Labute approximate surface area is 144 Å². The maximum atomic E-state index is 10.1. The Balaban J connectivity index is 2.28. The molecular formula is C16H23NO6S. The van der Waals surface area contributed by atoms with Crippen LogP contribution in [0.2, 0.25) is 0 Å². The summed E-state index contributed by atoms with van der Waals surface area (Å²) in [6.45, 7) is 5.23.